The van der Waals surface area contributed by atoms with E-state index in [4.69, 9.17) is 0 Å². The molecule has 3 aliphatic rings. The Hall–Kier alpha value is -2.06. The van der Waals surface area contributed by atoms with Crippen LogP contribution < -0.4 is 0 Å². The third kappa shape index (κ3) is 3.23. The highest BCUT2D eigenvalue weighted by atomic mass is 19.1. The summed E-state index contributed by atoms with van der Waals surface area (Å²) in [5.41, 5.74) is -0.531. The van der Waals surface area contributed by atoms with Crippen LogP contribution in [0.4, 0.5) is 9.18 Å². The molecule has 132 valence electrons. The smallest absolute Gasteiger partial charge is 0.320 e. The van der Waals surface area contributed by atoms with Gasteiger partial charge in [-0.05, 0) is 43.9 Å². The number of carbonyl (C=O) groups excluding carboxylic acids is 1. The lowest BCUT2D eigenvalue weighted by atomic mass is 9.86. The molecule has 4 rings (SSSR count). The van der Waals surface area contributed by atoms with Crippen LogP contribution in [-0.4, -0.2) is 51.7 Å². The molecular formula is C20H23FN2O2. The van der Waals surface area contributed by atoms with Gasteiger partial charge in [0.1, 0.15) is 11.4 Å². The Morgan fingerprint density at radius 2 is 1.88 bits per heavy atom. The predicted molar refractivity (Wildman–Crippen MR) is 92.3 cm³/mol. The van der Waals surface area contributed by atoms with E-state index < -0.39 is 5.60 Å². The van der Waals surface area contributed by atoms with Gasteiger partial charge in [0.05, 0.1) is 0 Å². The van der Waals surface area contributed by atoms with Crippen LogP contribution in [0.25, 0.3) is 0 Å². The average molecular weight is 342 g/mol. The lowest BCUT2D eigenvalue weighted by Gasteiger charge is -2.42. The van der Waals surface area contributed by atoms with Crippen LogP contribution in [0.15, 0.2) is 24.3 Å². The van der Waals surface area contributed by atoms with Crippen molar-refractivity contribution in [3.63, 3.8) is 0 Å². The normalized spacial score (nSPS) is 31.0. The van der Waals surface area contributed by atoms with E-state index >= 15 is 0 Å². The summed E-state index contributed by atoms with van der Waals surface area (Å²) in [6, 6.07) is 6.34. The number of benzene rings is 1. The highest BCUT2D eigenvalue weighted by Gasteiger charge is 2.49. The van der Waals surface area contributed by atoms with Gasteiger partial charge in [0.2, 0.25) is 0 Å². The van der Waals surface area contributed by atoms with E-state index in [0.717, 1.165) is 38.8 Å². The fourth-order valence-electron chi connectivity index (χ4n) is 4.47. The first kappa shape index (κ1) is 16.4. The molecule has 4 nitrogen and oxygen atoms in total. The van der Waals surface area contributed by atoms with Crippen molar-refractivity contribution < 1.29 is 14.3 Å². The van der Waals surface area contributed by atoms with Crippen LogP contribution in [0.5, 0.6) is 0 Å². The number of rotatable bonds is 0. The number of amides is 2. The molecule has 3 fully saturated rings. The molecule has 2 unspecified atom stereocenters. The molecule has 3 aliphatic heterocycles. The van der Waals surface area contributed by atoms with Gasteiger partial charge in [-0.2, -0.15) is 0 Å². The van der Waals surface area contributed by atoms with E-state index in [1.54, 1.807) is 12.1 Å². The summed E-state index contributed by atoms with van der Waals surface area (Å²) in [5, 5.41) is 10.9. The predicted octanol–water partition coefficient (Wildman–Crippen LogP) is 2.75. The highest BCUT2D eigenvalue weighted by Crippen LogP contribution is 2.41. The number of aliphatic hydroxyl groups is 1. The highest BCUT2D eigenvalue weighted by molar-refractivity contribution is 5.76. The number of hydrogen-bond donors (Lipinski definition) is 1. The van der Waals surface area contributed by atoms with Gasteiger partial charge >= 0.3 is 6.03 Å². The maximum absolute atomic E-state index is 13.3. The number of fused-ring (bicyclic) bond motifs is 2. The molecule has 0 spiro atoms. The summed E-state index contributed by atoms with van der Waals surface area (Å²) in [7, 11) is 0. The third-order valence-corrected chi connectivity index (χ3v) is 5.63. The minimum atomic E-state index is -1.10. The Labute approximate surface area is 147 Å². The number of piperidine rings is 1. The fraction of sp³-hybridized carbons (Fsp3) is 0.550. The van der Waals surface area contributed by atoms with Gasteiger partial charge < -0.3 is 14.9 Å². The van der Waals surface area contributed by atoms with Crippen molar-refractivity contribution in [3.05, 3.63) is 35.6 Å². The third-order valence-electron chi connectivity index (χ3n) is 5.63. The Morgan fingerprint density at radius 3 is 2.52 bits per heavy atom. The Balaban J connectivity index is 1.50. The summed E-state index contributed by atoms with van der Waals surface area (Å²) in [6.07, 6.45) is 4.97. The van der Waals surface area contributed by atoms with Crippen molar-refractivity contribution in [3.8, 4) is 11.8 Å². The number of carbonyl (C=O) groups is 1. The maximum atomic E-state index is 13.3. The van der Waals surface area contributed by atoms with E-state index in [1.807, 2.05) is 9.80 Å². The fourth-order valence-corrected chi connectivity index (χ4v) is 4.47. The summed E-state index contributed by atoms with van der Waals surface area (Å²) >= 11 is 0. The first-order valence-corrected chi connectivity index (χ1v) is 9.12. The second-order valence-corrected chi connectivity index (χ2v) is 7.47. The maximum Gasteiger partial charge on any atom is 0.320 e. The first-order chi connectivity index (χ1) is 12.0. The van der Waals surface area contributed by atoms with E-state index in [1.165, 1.54) is 12.1 Å². The van der Waals surface area contributed by atoms with E-state index in [2.05, 4.69) is 11.8 Å². The minimum Gasteiger partial charge on any atom is -0.377 e. The summed E-state index contributed by atoms with van der Waals surface area (Å²) < 4.78 is 13.3. The van der Waals surface area contributed by atoms with Crippen LogP contribution in [0.3, 0.4) is 0 Å². The Kier molecular flexibility index (Phi) is 4.16. The molecule has 25 heavy (non-hydrogen) atoms. The monoisotopic (exact) mass is 342 g/mol. The van der Waals surface area contributed by atoms with Crippen LogP contribution in [0, 0.1) is 17.7 Å². The molecule has 1 aromatic rings. The molecule has 1 aromatic carbocycles. The number of hydrogen-bond acceptors (Lipinski definition) is 2. The minimum absolute atomic E-state index is 0.0543. The molecule has 0 saturated carbocycles. The van der Waals surface area contributed by atoms with Gasteiger partial charge in [0.15, 0.2) is 0 Å². The number of likely N-dealkylation sites (tertiary alicyclic amines) is 1. The zero-order valence-corrected chi connectivity index (χ0v) is 14.2. The molecular weight excluding hydrogens is 319 g/mol. The standard InChI is InChI=1S/C20H23FN2O2/c21-16-5-3-4-15(12-16)8-9-20(25)13-17-6-7-18(14-20)23(17)19(24)22-10-1-2-11-22/h3-5,12,17-18,25H,1-2,6-7,10-11,13-14H2. The number of urea groups is 1. The Morgan fingerprint density at radius 1 is 1.20 bits per heavy atom. The zero-order chi connectivity index (χ0) is 17.4. The molecule has 2 amide bonds. The molecule has 2 bridgehead atoms. The SMILES string of the molecule is O=C(N1CCCC1)N1C2CCC1CC(O)(C#Cc1cccc(F)c1)C2. The Bertz CT molecular complexity index is 719. The van der Waals surface area contributed by atoms with E-state index in [-0.39, 0.29) is 23.9 Å². The summed E-state index contributed by atoms with van der Waals surface area (Å²) in [6.45, 7) is 1.69. The molecule has 3 saturated heterocycles. The van der Waals surface area contributed by atoms with E-state index in [0.29, 0.717) is 18.4 Å². The molecule has 0 aromatic heterocycles. The van der Waals surface area contributed by atoms with Gasteiger partial charge in [-0.25, -0.2) is 9.18 Å². The van der Waals surface area contributed by atoms with Crippen molar-refractivity contribution in [2.75, 3.05) is 13.1 Å². The van der Waals surface area contributed by atoms with Crippen molar-refractivity contribution in [1.82, 2.24) is 9.80 Å². The van der Waals surface area contributed by atoms with Gasteiger partial charge in [0.25, 0.3) is 0 Å². The van der Waals surface area contributed by atoms with Gasteiger partial charge in [-0.3, -0.25) is 0 Å². The van der Waals surface area contributed by atoms with E-state index in [9.17, 15) is 14.3 Å². The van der Waals surface area contributed by atoms with Crippen LogP contribution >= 0.6 is 0 Å². The second-order valence-electron chi connectivity index (χ2n) is 7.47. The molecule has 2 atom stereocenters. The largest absolute Gasteiger partial charge is 0.377 e. The van der Waals surface area contributed by atoms with Gasteiger partial charge in [-0.15, -0.1) is 0 Å². The topological polar surface area (TPSA) is 43.8 Å². The average Bonchev–Trinajstić information content (AvgIpc) is 3.20. The van der Waals surface area contributed by atoms with Crippen molar-refractivity contribution in [2.45, 2.75) is 56.2 Å². The first-order valence-electron chi connectivity index (χ1n) is 9.12. The zero-order valence-electron chi connectivity index (χ0n) is 14.2. The lowest BCUT2D eigenvalue weighted by Crippen LogP contribution is -2.55. The van der Waals surface area contributed by atoms with Crippen molar-refractivity contribution >= 4 is 6.03 Å². The number of halogens is 1. The van der Waals surface area contributed by atoms with Gasteiger partial charge in [-0.1, -0.05) is 17.9 Å². The van der Waals surface area contributed by atoms with Crippen LogP contribution in [0.1, 0.15) is 44.1 Å². The molecule has 1 N–H and O–H groups in total. The van der Waals surface area contributed by atoms with Crippen LogP contribution in [0.2, 0.25) is 0 Å². The summed E-state index contributed by atoms with van der Waals surface area (Å²) in [4.78, 5) is 16.7. The van der Waals surface area contributed by atoms with Crippen LogP contribution in [-0.2, 0) is 0 Å². The number of nitrogens with zero attached hydrogens (tertiary/aromatic N) is 2. The lowest BCUT2D eigenvalue weighted by molar-refractivity contribution is 0.000208. The quantitative estimate of drug-likeness (QED) is 0.737. The summed E-state index contributed by atoms with van der Waals surface area (Å²) in [5.74, 6) is 5.54. The van der Waals surface area contributed by atoms with Crippen molar-refractivity contribution in [1.29, 1.82) is 0 Å². The molecule has 5 heteroatoms. The molecule has 0 aliphatic carbocycles. The second kappa shape index (κ2) is 6.34. The molecule has 3 heterocycles. The van der Waals surface area contributed by atoms with Gasteiger partial charge in [0, 0.05) is 43.6 Å². The molecule has 0 radical (unpaired) electrons. The van der Waals surface area contributed by atoms with Crippen molar-refractivity contribution in [2.24, 2.45) is 0 Å².